The van der Waals surface area contributed by atoms with E-state index < -0.39 is 22.2 Å². The number of nitrogens with one attached hydrogen (secondary N) is 1. The van der Waals surface area contributed by atoms with Crippen molar-refractivity contribution in [2.45, 2.75) is 51.3 Å². The van der Waals surface area contributed by atoms with Gasteiger partial charge in [0.2, 0.25) is 5.91 Å². The first kappa shape index (κ1) is 28.3. The quantitative estimate of drug-likeness (QED) is 0.319. The molecule has 0 saturated carbocycles. The Morgan fingerprint density at radius 2 is 1.57 bits per heavy atom. The lowest BCUT2D eigenvalue weighted by Gasteiger charge is -2.26. The second-order valence-electron chi connectivity index (χ2n) is 10.1. The van der Waals surface area contributed by atoms with Gasteiger partial charge in [-0.2, -0.15) is 5.26 Å². The Morgan fingerprint density at radius 1 is 1.00 bits per heavy atom. The van der Waals surface area contributed by atoms with Crippen LogP contribution < -0.4 is 5.32 Å². The lowest BCUT2D eigenvalue weighted by atomic mass is 9.83. The van der Waals surface area contributed by atoms with Crippen LogP contribution in [-0.4, -0.2) is 33.7 Å². The molecule has 194 valence electrons. The average Bonchev–Trinajstić information content (AvgIpc) is 2.84. The Balaban J connectivity index is 2.11. The van der Waals surface area contributed by atoms with Crippen LogP contribution in [0, 0.1) is 11.3 Å². The number of hydrogen-bond acceptors (Lipinski definition) is 4. The lowest BCUT2D eigenvalue weighted by Crippen LogP contribution is -2.27. The van der Waals surface area contributed by atoms with Gasteiger partial charge in [0.25, 0.3) is 0 Å². The van der Waals surface area contributed by atoms with Gasteiger partial charge in [-0.25, -0.2) is 4.21 Å². The van der Waals surface area contributed by atoms with E-state index in [2.05, 4.69) is 16.3 Å². The number of amides is 1. The molecule has 3 rings (SSSR count). The highest BCUT2D eigenvalue weighted by Gasteiger charge is 2.33. The molecule has 6 nitrogen and oxygen atoms in total. The zero-order chi connectivity index (χ0) is 27.3. The molecular formula is C30H35N3O3S. The number of rotatable bonds is 9. The van der Waals surface area contributed by atoms with Gasteiger partial charge in [0.1, 0.15) is 0 Å². The van der Waals surface area contributed by atoms with Crippen molar-refractivity contribution in [2.75, 3.05) is 19.4 Å². The fraction of sp³-hybridized carbons (Fsp3) is 0.333. The van der Waals surface area contributed by atoms with Gasteiger partial charge in [0.15, 0.2) is 16.3 Å². The van der Waals surface area contributed by atoms with Crippen molar-refractivity contribution >= 4 is 22.7 Å². The highest BCUT2D eigenvalue weighted by atomic mass is 32.2. The number of nitriles is 1. The lowest BCUT2D eigenvalue weighted by molar-refractivity contribution is -0.116. The Bertz CT molecular complexity index is 1300. The van der Waals surface area contributed by atoms with Gasteiger partial charge in [0.05, 0.1) is 11.6 Å². The van der Waals surface area contributed by atoms with E-state index in [1.54, 1.807) is 6.07 Å². The monoisotopic (exact) mass is 517 g/mol. The van der Waals surface area contributed by atoms with Gasteiger partial charge in [0, 0.05) is 12.2 Å². The van der Waals surface area contributed by atoms with Crippen molar-refractivity contribution in [3.8, 4) is 17.2 Å². The fourth-order valence-corrected chi connectivity index (χ4v) is 5.25. The molecule has 0 aliphatic rings. The summed E-state index contributed by atoms with van der Waals surface area (Å²) in [6, 6.07) is 21.0. The molecule has 7 heteroatoms. The summed E-state index contributed by atoms with van der Waals surface area (Å²) >= 11 is -2.45. The van der Waals surface area contributed by atoms with Crippen LogP contribution in [0.5, 0.6) is 0 Å². The zero-order valence-electron chi connectivity index (χ0n) is 22.3. The van der Waals surface area contributed by atoms with E-state index in [1.165, 1.54) is 0 Å². The number of carbonyl (C=O) groups is 1. The molecule has 0 radical (unpaired) electrons. The van der Waals surface area contributed by atoms with E-state index in [0.29, 0.717) is 16.8 Å². The molecule has 0 aromatic heterocycles. The number of nitrogens with zero attached hydrogens (tertiary/aromatic N) is 2. The molecular weight excluding hydrogens is 482 g/mol. The van der Waals surface area contributed by atoms with Crippen molar-refractivity contribution < 1.29 is 13.6 Å². The highest BCUT2D eigenvalue weighted by molar-refractivity contribution is 7.80. The number of carbonyl (C=O) groups excluding carboxylic acids is 1. The Morgan fingerprint density at radius 3 is 2.05 bits per heavy atom. The fourth-order valence-electron chi connectivity index (χ4n) is 4.53. The predicted molar refractivity (Wildman–Crippen MR) is 151 cm³/mol. The summed E-state index contributed by atoms with van der Waals surface area (Å²) in [7, 11) is 3.97. The van der Waals surface area contributed by atoms with Gasteiger partial charge < -0.3 is 14.8 Å². The van der Waals surface area contributed by atoms with E-state index in [1.807, 2.05) is 96.4 Å². The van der Waals surface area contributed by atoms with Crippen LogP contribution in [0.3, 0.4) is 0 Å². The van der Waals surface area contributed by atoms with Gasteiger partial charge >= 0.3 is 0 Å². The molecule has 3 aromatic carbocycles. The summed E-state index contributed by atoms with van der Waals surface area (Å²) in [5, 5.41) is 11.2. The van der Waals surface area contributed by atoms with Gasteiger partial charge in [-0.1, -0.05) is 70.2 Å². The summed E-state index contributed by atoms with van der Waals surface area (Å²) in [6.07, 6.45) is 0. The maximum atomic E-state index is 13.5. The summed E-state index contributed by atoms with van der Waals surface area (Å²) < 4.78 is 23.1. The third kappa shape index (κ3) is 6.72. The van der Waals surface area contributed by atoms with E-state index in [9.17, 15) is 18.8 Å². The van der Waals surface area contributed by atoms with Crippen molar-refractivity contribution in [1.82, 2.24) is 4.90 Å². The van der Waals surface area contributed by atoms with Crippen LogP contribution in [-0.2, 0) is 22.4 Å². The topological polar surface area (TPSA) is 93.4 Å². The van der Waals surface area contributed by atoms with Gasteiger partial charge in [-0.05, 0) is 77.5 Å². The van der Waals surface area contributed by atoms with E-state index in [4.69, 9.17) is 0 Å². The molecule has 0 aliphatic carbocycles. The molecule has 0 saturated heterocycles. The van der Waals surface area contributed by atoms with Crippen molar-refractivity contribution in [3.63, 3.8) is 0 Å². The molecule has 0 heterocycles. The molecule has 0 spiro atoms. The second kappa shape index (κ2) is 12.3. The van der Waals surface area contributed by atoms with Crippen molar-refractivity contribution in [2.24, 2.45) is 0 Å². The molecule has 0 aliphatic heterocycles. The normalized spacial score (nSPS) is 13.0. The minimum absolute atomic E-state index is 0.0223. The van der Waals surface area contributed by atoms with Crippen LogP contribution in [0.2, 0.25) is 0 Å². The van der Waals surface area contributed by atoms with Crippen LogP contribution in [0.1, 0.15) is 72.6 Å². The molecule has 2 atom stereocenters. The molecule has 2 unspecified atom stereocenters. The standard InChI is InChI=1S/C30H35N3O3S/c1-19(2)26-15-23(25-10-8-7-9-22(25)17-31)16-27(20(3)4)28(26)29(37(35)36)30(34)32-24-13-11-21(12-14-24)18-33(5)6/h7-16,19-20,29H,18H2,1-6H3,(H,32,34)(H,35,36). The van der Waals surface area contributed by atoms with Crippen LogP contribution in [0.4, 0.5) is 5.69 Å². The SMILES string of the molecule is CC(C)c1cc(-c2ccccc2C#N)cc(C(C)C)c1C(C(=O)Nc1ccc(CN(C)C)cc1)S(=O)O. The maximum Gasteiger partial charge on any atom is 0.247 e. The summed E-state index contributed by atoms with van der Waals surface area (Å²) in [6.45, 7) is 8.78. The average molecular weight is 518 g/mol. The predicted octanol–water partition coefficient (Wildman–Crippen LogP) is 6.44. The van der Waals surface area contributed by atoms with E-state index >= 15 is 0 Å². The third-order valence-electron chi connectivity index (χ3n) is 6.27. The first-order chi connectivity index (χ1) is 17.5. The van der Waals surface area contributed by atoms with E-state index in [0.717, 1.165) is 34.4 Å². The summed E-state index contributed by atoms with van der Waals surface area (Å²) in [5.74, 6) is -0.577. The number of hydrogen-bond donors (Lipinski definition) is 2. The van der Waals surface area contributed by atoms with Crippen molar-refractivity contribution in [1.29, 1.82) is 5.26 Å². The van der Waals surface area contributed by atoms with Gasteiger partial charge in [-0.3, -0.25) is 4.79 Å². The summed E-state index contributed by atoms with van der Waals surface area (Å²) in [5.41, 5.74) is 6.08. The zero-order valence-corrected chi connectivity index (χ0v) is 23.1. The maximum absolute atomic E-state index is 13.5. The van der Waals surface area contributed by atoms with Crippen LogP contribution in [0.25, 0.3) is 11.1 Å². The molecule has 37 heavy (non-hydrogen) atoms. The van der Waals surface area contributed by atoms with E-state index in [-0.39, 0.29) is 11.8 Å². The van der Waals surface area contributed by atoms with Crippen molar-refractivity contribution in [3.05, 3.63) is 88.5 Å². The van der Waals surface area contributed by atoms with Crippen LogP contribution >= 0.6 is 0 Å². The molecule has 0 bridgehead atoms. The van der Waals surface area contributed by atoms with Crippen LogP contribution in [0.15, 0.2) is 60.7 Å². The second-order valence-corrected chi connectivity index (χ2v) is 11.1. The molecule has 3 aromatic rings. The minimum Gasteiger partial charge on any atom is -0.325 e. The Labute approximate surface area is 222 Å². The largest absolute Gasteiger partial charge is 0.325 e. The Kier molecular flexibility index (Phi) is 9.39. The highest BCUT2D eigenvalue weighted by Crippen LogP contribution is 2.39. The number of benzene rings is 3. The summed E-state index contributed by atoms with van der Waals surface area (Å²) in [4.78, 5) is 15.6. The smallest absolute Gasteiger partial charge is 0.247 e. The minimum atomic E-state index is -2.45. The third-order valence-corrected chi connectivity index (χ3v) is 7.12. The molecule has 0 fully saturated rings. The first-order valence-corrected chi connectivity index (χ1v) is 13.5. The number of anilines is 1. The first-order valence-electron chi connectivity index (χ1n) is 12.3. The Hall–Kier alpha value is -3.31. The molecule has 1 amide bonds. The molecule has 2 N–H and O–H groups in total. The van der Waals surface area contributed by atoms with Gasteiger partial charge in [-0.15, -0.1) is 0 Å².